The van der Waals surface area contributed by atoms with Gasteiger partial charge < -0.3 is 10.2 Å². The molecule has 0 saturated carbocycles. The molecular weight excluding hydrogens is 450 g/mol. The molecule has 32 heavy (non-hydrogen) atoms. The van der Waals surface area contributed by atoms with Crippen LogP contribution in [0.4, 0.5) is 0 Å². The highest BCUT2D eigenvalue weighted by Crippen LogP contribution is 2.21. The van der Waals surface area contributed by atoms with Gasteiger partial charge >= 0.3 is 0 Å². The van der Waals surface area contributed by atoms with Crippen molar-refractivity contribution in [2.75, 3.05) is 26.2 Å². The zero-order chi connectivity index (χ0) is 22.7. The molecule has 0 aliphatic carbocycles. The van der Waals surface area contributed by atoms with E-state index in [0.29, 0.717) is 42.7 Å². The van der Waals surface area contributed by atoms with E-state index in [1.165, 1.54) is 22.7 Å². The third-order valence-electron chi connectivity index (χ3n) is 5.50. The number of carbonyl (C=O) groups excluding carboxylic acids is 2. The standard InChI is InChI=1S/C22H24ClN5O3S/c1-15(29)24-19(16-2-4-17(23)5-3-16)13-20(30)27-8-6-26(7-9-27)14-18-12-21(31)28-10-11-32-22(28)25-18/h2-5,10-12,19H,6-9,13-14H2,1H3,(H,24,29). The smallest absolute Gasteiger partial charge is 0.258 e. The van der Waals surface area contributed by atoms with Gasteiger partial charge in [-0.05, 0) is 17.7 Å². The summed E-state index contributed by atoms with van der Waals surface area (Å²) in [6.45, 7) is 4.59. The number of thiazole rings is 1. The maximum absolute atomic E-state index is 12.9. The van der Waals surface area contributed by atoms with Gasteiger partial charge in [0.25, 0.3) is 5.56 Å². The van der Waals surface area contributed by atoms with Crippen molar-refractivity contribution in [1.29, 1.82) is 0 Å². The van der Waals surface area contributed by atoms with E-state index in [1.54, 1.807) is 24.4 Å². The summed E-state index contributed by atoms with van der Waals surface area (Å²) in [5.74, 6) is -0.191. The number of fused-ring (bicyclic) bond motifs is 1. The quantitative estimate of drug-likeness (QED) is 0.593. The average Bonchev–Trinajstić information content (AvgIpc) is 3.23. The van der Waals surface area contributed by atoms with Crippen molar-refractivity contribution in [3.63, 3.8) is 0 Å². The second kappa shape index (κ2) is 9.81. The Hall–Kier alpha value is -2.75. The first-order chi connectivity index (χ1) is 15.4. The molecule has 3 aromatic rings. The summed E-state index contributed by atoms with van der Waals surface area (Å²) in [5, 5.41) is 5.31. The molecule has 1 fully saturated rings. The van der Waals surface area contributed by atoms with Gasteiger partial charge in [-0.25, -0.2) is 4.98 Å². The Balaban J connectivity index is 1.35. The molecule has 1 unspecified atom stereocenters. The molecule has 10 heteroatoms. The molecule has 1 N–H and O–H groups in total. The number of rotatable bonds is 6. The Morgan fingerprint density at radius 3 is 2.59 bits per heavy atom. The summed E-state index contributed by atoms with van der Waals surface area (Å²) < 4.78 is 1.54. The molecule has 168 valence electrons. The van der Waals surface area contributed by atoms with Gasteiger partial charge in [0.1, 0.15) is 0 Å². The normalized spacial score (nSPS) is 15.6. The molecule has 0 spiro atoms. The highest BCUT2D eigenvalue weighted by molar-refractivity contribution is 7.15. The molecule has 0 radical (unpaired) electrons. The maximum atomic E-state index is 12.9. The van der Waals surface area contributed by atoms with Crippen molar-refractivity contribution in [2.24, 2.45) is 0 Å². The molecule has 0 bridgehead atoms. The highest BCUT2D eigenvalue weighted by Gasteiger charge is 2.25. The van der Waals surface area contributed by atoms with Crippen LogP contribution in [0.5, 0.6) is 0 Å². The van der Waals surface area contributed by atoms with Crippen LogP contribution in [0.25, 0.3) is 4.96 Å². The minimum atomic E-state index is -0.398. The fourth-order valence-corrected chi connectivity index (χ4v) is 4.71. The van der Waals surface area contributed by atoms with E-state index in [2.05, 4.69) is 15.2 Å². The first-order valence-corrected chi connectivity index (χ1v) is 11.6. The van der Waals surface area contributed by atoms with E-state index < -0.39 is 6.04 Å². The minimum Gasteiger partial charge on any atom is -0.349 e. The first kappa shape index (κ1) is 22.4. The van der Waals surface area contributed by atoms with Gasteiger partial charge in [-0.2, -0.15) is 0 Å². The molecule has 1 aromatic carbocycles. The van der Waals surface area contributed by atoms with Crippen molar-refractivity contribution in [2.45, 2.75) is 25.9 Å². The van der Waals surface area contributed by atoms with Crippen LogP contribution in [0, 0.1) is 0 Å². The third-order valence-corrected chi connectivity index (χ3v) is 6.50. The summed E-state index contributed by atoms with van der Waals surface area (Å²) in [5.41, 5.74) is 1.51. The molecule has 1 aliphatic heterocycles. The number of benzene rings is 1. The monoisotopic (exact) mass is 473 g/mol. The second-order valence-corrected chi connectivity index (χ2v) is 9.12. The third kappa shape index (κ3) is 5.35. The van der Waals surface area contributed by atoms with Gasteiger partial charge in [-0.3, -0.25) is 23.7 Å². The van der Waals surface area contributed by atoms with Gasteiger partial charge in [0, 0.05) is 62.3 Å². The van der Waals surface area contributed by atoms with Crippen molar-refractivity contribution in [3.05, 3.63) is 68.5 Å². The number of hydrogen-bond donors (Lipinski definition) is 1. The second-order valence-electron chi connectivity index (χ2n) is 7.81. The number of hydrogen-bond acceptors (Lipinski definition) is 6. The molecular formula is C22H24ClN5O3S. The fourth-order valence-electron chi connectivity index (χ4n) is 3.85. The van der Waals surface area contributed by atoms with Gasteiger partial charge in [0.05, 0.1) is 18.2 Å². The summed E-state index contributed by atoms with van der Waals surface area (Å²) in [4.78, 5) is 46.0. The van der Waals surface area contributed by atoms with Gasteiger partial charge in [-0.15, -0.1) is 11.3 Å². The largest absolute Gasteiger partial charge is 0.349 e. The number of nitrogens with one attached hydrogen (secondary N) is 1. The number of piperazine rings is 1. The fraction of sp³-hybridized carbons (Fsp3) is 0.364. The van der Waals surface area contributed by atoms with Gasteiger partial charge in [-0.1, -0.05) is 23.7 Å². The number of nitrogens with zero attached hydrogens (tertiary/aromatic N) is 4. The maximum Gasteiger partial charge on any atom is 0.258 e. The van der Waals surface area contributed by atoms with Crippen molar-refractivity contribution < 1.29 is 9.59 Å². The lowest BCUT2D eigenvalue weighted by molar-refractivity contribution is -0.133. The lowest BCUT2D eigenvalue weighted by atomic mass is 10.0. The summed E-state index contributed by atoms with van der Waals surface area (Å²) in [7, 11) is 0. The lowest BCUT2D eigenvalue weighted by Gasteiger charge is -2.35. The predicted octanol–water partition coefficient (Wildman–Crippen LogP) is 2.32. The molecule has 2 aromatic heterocycles. The van der Waals surface area contributed by atoms with Crippen LogP contribution < -0.4 is 10.9 Å². The Kier molecular flexibility index (Phi) is 6.88. The van der Waals surface area contributed by atoms with E-state index in [1.807, 2.05) is 22.4 Å². The topological polar surface area (TPSA) is 87.0 Å². The summed E-state index contributed by atoms with van der Waals surface area (Å²) >= 11 is 7.40. The molecule has 2 amide bonds. The van der Waals surface area contributed by atoms with Crippen LogP contribution in [-0.4, -0.2) is 57.2 Å². The van der Waals surface area contributed by atoms with Crippen molar-refractivity contribution in [1.82, 2.24) is 24.5 Å². The van der Waals surface area contributed by atoms with E-state index in [0.717, 1.165) is 11.3 Å². The molecule has 1 saturated heterocycles. The molecule has 1 aliphatic rings. The Morgan fingerprint density at radius 1 is 1.19 bits per heavy atom. The lowest BCUT2D eigenvalue weighted by Crippen LogP contribution is -2.49. The van der Waals surface area contributed by atoms with E-state index in [9.17, 15) is 14.4 Å². The van der Waals surface area contributed by atoms with Crippen LogP contribution in [0.3, 0.4) is 0 Å². The SMILES string of the molecule is CC(=O)NC(CC(=O)N1CCN(Cc2cc(=O)n3ccsc3n2)CC1)c1ccc(Cl)cc1. The Labute approximate surface area is 194 Å². The zero-order valence-corrected chi connectivity index (χ0v) is 19.2. The molecule has 4 rings (SSSR count). The van der Waals surface area contributed by atoms with E-state index in [-0.39, 0.29) is 23.8 Å². The van der Waals surface area contributed by atoms with Crippen LogP contribution in [-0.2, 0) is 16.1 Å². The van der Waals surface area contributed by atoms with Gasteiger partial charge in [0.2, 0.25) is 11.8 Å². The minimum absolute atomic E-state index is 0.00488. The number of carbonyl (C=O) groups is 2. The zero-order valence-electron chi connectivity index (χ0n) is 17.7. The van der Waals surface area contributed by atoms with Crippen molar-refractivity contribution >= 4 is 39.7 Å². The van der Waals surface area contributed by atoms with E-state index in [4.69, 9.17) is 11.6 Å². The summed E-state index contributed by atoms with van der Waals surface area (Å²) in [6.07, 6.45) is 1.91. The predicted molar refractivity (Wildman–Crippen MR) is 124 cm³/mol. The average molecular weight is 474 g/mol. The Bertz CT molecular complexity index is 1170. The van der Waals surface area contributed by atoms with Crippen LogP contribution >= 0.6 is 22.9 Å². The van der Waals surface area contributed by atoms with Gasteiger partial charge in [0.15, 0.2) is 4.96 Å². The molecule has 3 heterocycles. The van der Waals surface area contributed by atoms with Crippen LogP contribution in [0.2, 0.25) is 5.02 Å². The first-order valence-electron chi connectivity index (χ1n) is 10.4. The number of amides is 2. The van der Waals surface area contributed by atoms with E-state index >= 15 is 0 Å². The van der Waals surface area contributed by atoms with Crippen LogP contribution in [0.15, 0.2) is 46.7 Å². The number of halogens is 1. The molecule has 1 atom stereocenters. The van der Waals surface area contributed by atoms with Crippen molar-refractivity contribution in [3.8, 4) is 0 Å². The summed E-state index contributed by atoms with van der Waals surface area (Å²) in [6, 6.07) is 8.33. The number of aromatic nitrogens is 2. The Morgan fingerprint density at radius 2 is 1.91 bits per heavy atom. The highest BCUT2D eigenvalue weighted by atomic mass is 35.5. The van der Waals surface area contributed by atoms with Crippen LogP contribution in [0.1, 0.15) is 30.6 Å². The molecule has 8 nitrogen and oxygen atoms in total.